The molecule has 2 nitrogen and oxygen atoms in total. The molecular formula is C16H24N2. The van der Waals surface area contributed by atoms with Crippen molar-refractivity contribution < 1.29 is 0 Å². The fraction of sp³-hybridized carbons (Fsp3) is 0.562. The van der Waals surface area contributed by atoms with E-state index in [0.717, 1.165) is 12.8 Å². The maximum atomic E-state index is 9.17. The average molecular weight is 244 g/mol. The van der Waals surface area contributed by atoms with Gasteiger partial charge in [-0.15, -0.1) is 0 Å². The van der Waals surface area contributed by atoms with Gasteiger partial charge in [0.05, 0.1) is 12.0 Å². The van der Waals surface area contributed by atoms with Crippen LogP contribution in [-0.2, 0) is 6.42 Å². The van der Waals surface area contributed by atoms with Crippen LogP contribution in [-0.4, -0.2) is 7.05 Å². The van der Waals surface area contributed by atoms with Gasteiger partial charge >= 0.3 is 0 Å². The minimum Gasteiger partial charge on any atom is -0.312 e. The van der Waals surface area contributed by atoms with Crippen molar-refractivity contribution in [3.05, 3.63) is 35.4 Å². The molecule has 0 saturated heterocycles. The number of benzene rings is 1. The minimum absolute atomic E-state index is 0.0333. The van der Waals surface area contributed by atoms with Gasteiger partial charge in [-0.05, 0) is 36.9 Å². The zero-order valence-corrected chi connectivity index (χ0v) is 11.9. The molecule has 1 rings (SSSR count). The third-order valence-electron chi connectivity index (χ3n) is 3.30. The second kappa shape index (κ2) is 7.18. The highest BCUT2D eigenvalue weighted by molar-refractivity contribution is 5.26. The molecule has 0 aliphatic rings. The first kappa shape index (κ1) is 14.7. The standard InChI is InChI=1S/C16H24N2/c1-5-14(11-17)16(18-4)15-8-6-13(7-9-15)10-12(2)3/h6-9,12,14,16,18H,5,10H2,1-4H3. The van der Waals surface area contributed by atoms with Crippen LogP contribution in [0.4, 0.5) is 0 Å². The molecule has 0 heterocycles. The predicted octanol–water partition coefficient (Wildman–Crippen LogP) is 3.70. The fourth-order valence-electron chi connectivity index (χ4n) is 2.33. The lowest BCUT2D eigenvalue weighted by molar-refractivity contribution is 0.449. The number of rotatable bonds is 6. The quantitative estimate of drug-likeness (QED) is 0.828. The zero-order valence-electron chi connectivity index (χ0n) is 11.9. The molecule has 0 spiro atoms. The smallest absolute Gasteiger partial charge is 0.0675 e. The first-order valence-electron chi connectivity index (χ1n) is 6.78. The van der Waals surface area contributed by atoms with Crippen LogP contribution in [0.2, 0.25) is 0 Å². The molecular weight excluding hydrogens is 220 g/mol. The van der Waals surface area contributed by atoms with E-state index in [9.17, 15) is 5.26 Å². The Labute approximate surface area is 111 Å². The molecule has 1 aromatic carbocycles. The minimum atomic E-state index is 0.0333. The molecule has 1 aromatic rings. The van der Waals surface area contributed by atoms with E-state index in [-0.39, 0.29) is 12.0 Å². The summed E-state index contributed by atoms with van der Waals surface area (Å²) in [5.74, 6) is 0.712. The van der Waals surface area contributed by atoms with Crippen molar-refractivity contribution in [2.45, 2.75) is 39.7 Å². The summed E-state index contributed by atoms with van der Waals surface area (Å²) in [5.41, 5.74) is 2.58. The van der Waals surface area contributed by atoms with Gasteiger partial charge < -0.3 is 5.32 Å². The van der Waals surface area contributed by atoms with Gasteiger partial charge in [-0.2, -0.15) is 5.26 Å². The van der Waals surface area contributed by atoms with Crippen molar-refractivity contribution in [1.82, 2.24) is 5.32 Å². The molecule has 0 saturated carbocycles. The lowest BCUT2D eigenvalue weighted by Crippen LogP contribution is -2.24. The summed E-state index contributed by atoms with van der Waals surface area (Å²) in [4.78, 5) is 0. The lowest BCUT2D eigenvalue weighted by atomic mass is 9.91. The van der Waals surface area contributed by atoms with Crippen molar-refractivity contribution in [3.8, 4) is 6.07 Å². The molecule has 0 aliphatic heterocycles. The lowest BCUT2D eigenvalue weighted by Gasteiger charge is -2.21. The van der Waals surface area contributed by atoms with Gasteiger partial charge in [-0.25, -0.2) is 0 Å². The van der Waals surface area contributed by atoms with Crippen LogP contribution in [0, 0.1) is 23.2 Å². The van der Waals surface area contributed by atoms with Crippen LogP contribution in [0.5, 0.6) is 0 Å². The fourth-order valence-corrected chi connectivity index (χ4v) is 2.33. The molecule has 2 heteroatoms. The Kier molecular flexibility index (Phi) is 5.88. The first-order chi connectivity index (χ1) is 8.62. The van der Waals surface area contributed by atoms with E-state index in [1.54, 1.807) is 0 Å². The molecule has 1 N–H and O–H groups in total. The summed E-state index contributed by atoms with van der Waals surface area (Å²) in [6, 6.07) is 11.2. The van der Waals surface area contributed by atoms with Crippen molar-refractivity contribution in [1.29, 1.82) is 5.26 Å². The van der Waals surface area contributed by atoms with Crippen LogP contribution in [0.1, 0.15) is 44.4 Å². The predicted molar refractivity (Wildman–Crippen MR) is 76.2 cm³/mol. The Morgan fingerprint density at radius 1 is 1.22 bits per heavy atom. The Hall–Kier alpha value is -1.33. The Morgan fingerprint density at radius 3 is 2.22 bits per heavy atom. The summed E-state index contributed by atoms with van der Waals surface area (Å²) in [7, 11) is 1.92. The topological polar surface area (TPSA) is 35.8 Å². The summed E-state index contributed by atoms with van der Waals surface area (Å²) < 4.78 is 0. The van der Waals surface area contributed by atoms with E-state index in [2.05, 4.69) is 56.4 Å². The molecule has 0 radical (unpaired) electrons. The Bertz CT molecular complexity index is 387. The van der Waals surface area contributed by atoms with Crippen LogP contribution < -0.4 is 5.32 Å². The Balaban J connectivity index is 2.85. The second-order valence-electron chi connectivity index (χ2n) is 5.25. The van der Waals surface area contributed by atoms with Crippen LogP contribution >= 0.6 is 0 Å². The first-order valence-corrected chi connectivity index (χ1v) is 6.78. The van der Waals surface area contributed by atoms with Crippen LogP contribution in [0.15, 0.2) is 24.3 Å². The average Bonchev–Trinajstić information content (AvgIpc) is 2.36. The van der Waals surface area contributed by atoms with Crippen molar-refractivity contribution >= 4 is 0 Å². The third kappa shape index (κ3) is 3.85. The zero-order chi connectivity index (χ0) is 13.5. The summed E-state index contributed by atoms with van der Waals surface area (Å²) in [6.07, 6.45) is 1.98. The van der Waals surface area contributed by atoms with E-state index in [0.29, 0.717) is 5.92 Å². The molecule has 2 atom stereocenters. The highest BCUT2D eigenvalue weighted by Crippen LogP contribution is 2.24. The Morgan fingerprint density at radius 2 is 1.83 bits per heavy atom. The third-order valence-corrected chi connectivity index (χ3v) is 3.30. The second-order valence-corrected chi connectivity index (χ2v) is 5.25. The molecule has 2 unspecified atom stereocenters. The van der Waals surface area contributed by atoms with E-state index < -0.39 is 0 Å². The number of hydrogen-bond acceptors (Lipinski definition) is 2. The highest BCUT2D eigenvalue weighted by Gasteiger charge is 2.19. The molecule has 18 heavy (non-hydrogen) atoms. The van der Waals surface area contributed by atoms with Gasteiger partial charge in [-0.3, -0.25) is 0 Å². The maximum Gasteiger partial charge on any atom is 0.0675 e. The highest BCUT2D eigenvalue weighted by atomic mass is 14.9. The molecule has 98 valence electrons. The van der Waals surface area contributed by atoms with Gasteiger partial charge in [0.15, 0.2) is 0 Å². The van der Waals surface area contributed by atoms with Crippen LogP contribution in [0.3, 0.4) is 0 Å². The summed E-state index contributed by atoms with van der Waals surface area (Å²) in [6.45, 7) is 6.52. The monoisotopic (exact) mass is 244 g/mol. The van der Waals surface area contributed by atoms with Gasteiger partial charge in [0, 0.05) is 6.04 Å². The van der Waals surface area contributed by atoms with E-state index >= 15 is 0 Å². The van der Waals surface area contributed by atoms with Gasteiger partial charge in [0.1, 0.15) is 0 Å². The van der Waals surface area contributed by atoms with Crippen molar-refractivity contribution in [2.24, 2.45) is 11.8 Å². The number of nitriles is 1. The van der Waals surface area contributed by atoms with Gasteiger partial charge in [0.25, 0.3) is 0 Å². The SMILES string of the molecule is CCC(C#N)C(NC)c1ccc(CC(C)C)cc1. The van der Waals surface area contributed by atoms with E-state index in [4.69, 9.17) is 0 Å². The number of nitrogens with zero attached hydrogens (tertiary/aromatic N) is 1. The van der Waals surface area contributed by atoms with Crippen LogP contribution in [0.25, 0.3) is 0 Å². The van der Waals surface area contributed by atoms with Gasteiger partial charge in [-0.1, -0.05) is 45.0 Å². The number of nitrogens with one attached hydrogen (secondary N) is 1. The maximum absolute atomic E-state index is 9.17. The molecule has 0 amide bonds. The molecule has 0 aromatic heterocycles. The van der Waals surface area contributed by atoms with Crippen molar-refractivity contribution in [2.75, 3.05) is 7.05 Å². The molecule has 0 aliphatic carbocycles. The van der Waals surface area contributed by atoms with Gasteiger partial charge in [0.2, 0.25) is 0 Å². The van der Waals surface area contributed by atoms with E-state index in [1.165, 1.54) is 11.1 Å². The summed E-state index contributed by atoms with van der Waals surface area (Å²) in [5, 5.41) is 12.4. The largest absolute Gasteiger partial charge is 0.312 e. The molecule has 0 bridgehead atoms. The summed E-state index contributed by atoms with van der Waals surface area (Å²) >= 11 is 0. The van der Waals surface area contributed by atoms with Crippen molar-refractivity contribution in [3.63, 3.8) is 0 Å². The van der Waals surface area contributed by atoms with E-state index in [1.807, 2.05) is 7.05 Å². The normalized spacial score (nSPS) is 14.2. The number of hydrogen-bond donors (Lipinski definition) is 1. The molecule has 0 fully saturated rings.